The Morgan fingerprint density at radius 3 is 2.49 bits per heavy atom. The van der Waals surface area contributed by atoms with Gasteiger partial charge < -0.3 is 9.47 Å². The number of hydrogen-bond donors (Lipinski definition) is 0. The lowest BCUT2D eigenvalue weighted by Gasteiger charge is -2.45. The van der Waals surface area contributed by atoms with Crippen LogP contribution in [0, 0.1) is 17.5 Å². The lowest BCUT2D eigenvalue weighted by molar-refractivity contribution is 0.0391. The van der Waals surface area contributed by atoms with Crippen LogP contribution >= 0.6 is 0 Å². The lowest BCUT2D eigenvalue weighted by Crippen LogP contribution is -2.49. The van der Waals surface area contributed by atoms with E-state index < -0.39 is 17.5 Å². The molecule has 9 heteroatoms. The number of nitrogens with zero attached hydrogens (tertiary/aromatic N) is 5. The largest absolute Gasteiger partial charge is 0.327 e. The summed E-state index contributed by atoms with van der Waals surface area (Å²) >= 11 is 0. The van der Waals surface area contributed by atoms with Crippen LogP contribution in [0.1, 0.15) is 46.9 Å². The van der Waals surface area contributed by atoms with E-state index >= 15 is 0 Å². The van der Waals surface area contributed by atoms with Crippen LogP contribution < -0.4 is 0 Å². The highest BCUT2D eigenvalue weighted by atomic mass is 19.2. The summed E-state index contributed by atoms with van der Waals surface area (Å²) in [4.78, 5) is 20.0. The maximum atomic E-state index is 14.0. The first-order chi connectivity index (χ1) is 16.9. The Kier molecular flexibility index (Phi) is 5.01. The number of benzene rings is 1. The van der Waals surface area contributed by atoms with Gasteiger partial charge in [-0.1, -0.05) is 0 Å². The van der Waals surface area contributed by atoms with E-state index in [1.54, 1.807) is 24.0 Å². The fourth-order valence-electron chi connectivity index (χ4n) is 5.50. The molecule has 0 unspecified atom stereocenters. The van der Waals surface area contributed by atoms with Crippen molar-refractivity contribution in [1.82, 2.24) is 24.2 Å². The highest BCUT2D eigenvalue weighted by molar-refractivity contribution is 5.95. The molecular formula is C26H22F3N5O. The molecule has 0 N–H and O–H groups in total. The quantitative estimate of drug-likeness (QED) is 0.391. The number of aromatic nitrogens is 4. The Bertz CT molecular complexity index is 1410. The summed E-state index contributed by atoms with van der Waals surface area (Å²) < 4.78 is 45.0. The van der Waals surface area contributed by atoms with E-state index in [4.69, 9.17) is 0 Å². The van der Waals surface area contributed by atoms with Gasteiger partial charge in [0.25, 0.3) is 5.91 Å². The average molecular weight is 477 g/mol. The maximum Gasteiger partial charge on any atom is 0.256 e. The molecule has 0 spiro atoms. The number of aryl methyl sites for hydroxylation is 1. The first kappa shape index (κ1) is 21.6. The third-order valence-corrected chi connectivity index (χ3v) is 7.03. The molecule has 1 amide bonds. The SMILES string of the molecule is Cn1nc2c(c1-c1cc(F)c(F)c(F)c1)C[C@@H]1CCC[C@H]2N1C(=O)c1ccc(-n2cccc2)nc1. The predicted molar refractivity (Wildman–Crippen MR) is 122 cm³/mol. The fraction of sp³-hybridized carbons (Fsp3) is 0.269. The molecular weight excluding hydrogens is 455 g/mol. The van der Waals surface area contributed by atoms with Crippen molar-refractivity contribution < 1.29 is 18.0 Å². The molecule has 3 aromatic heterocycles. The zero-order valence-corrected chi connectivity index (χ0v) is 19.0. The monoisotopic (exact) mass is 477 g/mol. The first-order valence-corrected chi connectivity index (χ1v) is 11.5. The zero-order chi connectivity index (χ0) is 24.3. The molecule has 1 fully saturated rings. The second-order valence-electron chi connectivity index (χ2n) is 9.10. The van der Waals surface area contributed by atoms with Gasteiger partial charge in [-0.15, -0.1) is 0 Å². The van der Waals surface area contributed by atoms with Crippen LogP contribution in [0.4, 0.5) is 13.2 Å². The Balaban J connectivity index is 1.37. The molecule has 2 atom stereocenters. The summed E-state index contributed by atoms with van der Waals surface area (Å²) in [6.07, 6.45) is 8.39. The van der Waals surface area contributed by atoms with E-state index in [-0.39, 0.29) is 23.6 Å². The van der Waals surface area contributed by atoms with Gasteiger partial charge in [-0.25, -0.2) is 18.2 Å². The second-order valence-corrected chi connectivity index (χ2v) is 9.10. The van der Waals surface area contributed by atoms with E-state index in [1.807, 2.05) is 40.1 Å². The van der Waals surface area contributed by atoms with Gasteiger partial charge in [0.15, 0.2) is 17.5 Å². The zero-order valence-electron chi connectivity index (χ0n) is 19.0. The van der Waals surface area contributed by atoms with E-state index in [1.165, 1.54) is 0 Å². The first-order valence-electron chi connectivity index (χ1n) is 11.5. The number of hydrogen-bond acceptors (Lipinski definition) is 3. The van der Waals surface area contributed by atoms with E-state index in [2.05, 4.69) is 10.1 Å². The minimum Gasteiger partial charge on any atom is -0.327 e. The number of halogens is 3. The maximum absolute atomic E-state index is 14.0. The van der Waals surface area contributed by atoms with Gasteiger partial charge in [-0.05, 0) is 62.1 Å². The van der Waals surface area contributed by atoms with Crippen molar-refractivity contribution >= 4 is 5.91 Å². The summed E-state index contributed by atoms with van der Waals surface area (Å²) in [6, 6.07) is 9.09. The van der Waals surface area contributed by atoms with Crippen molar-refractivity contribution in [2.24, 2.45) is 7.05 Å². The topological polar surface area (TPSA) is 56.0 Å². The number of amides is 1. The van der Waals surface area contributed by atoms with E-state index in [0.717, 1.165) is 48.5 Å². The van der Waals surface area contributed by atoms with E-state index in [9.17, 15) is 18.0 Å². The molecule has 2 aliphatic heterocycles. The molecule has 6 nitrogen and oxygen atoms in total. The van der Waals surface area contributed by atoms with Gasteiger partial charge >= 0.3 is 0 Å². The Hall–Kier alpha value is -3.88. The third kappa shape index (κ3) is 3.45. The molecule has 2 aliphatic rings. The van der Waals surface area contributed by atoms with Gasteiger partial charge in [-0.2, -0.15) is 5.10 Å². The van der Waals surface area contributed by atoms with Gasteiger partial charge in [0, 0.05) is 42.8 Å². The number of pyridine rings is 1. The highest BCUT2D eigenvalue weighted by Gasteiger charge is 2.43. The van der Waals surface area contributed by atoms with Crippen LogP contribution in [-0.2, 0) is 13.5 Å². The van der Waals surface area contributed by atoms with Gasteiger partial charge in [0.05, 0.1) is 23.0 Å². The Morgan fingerprint density at radius 1 is 1.06 bits per heavy atom. The molecule has 0 saturated carbocycles. The Morgan fingerprint density at radius 2 is 1.80 bits per heavy atom. The van der Waals surface area contributed by atoms with Gasteiger partial charge in [-0.3, -0.25) is 9.48 Å². The van der Waals surface area contributed by atoms with Crippen molar-refractivity contribution in [3.8, 4) is 17.1 Å². The molecule has 0 aliphatic carbocycles. The second kappa shape index (κ2) is 8.11. The molecule has 1 saturated heterocycles. The molecule has 6 rings (SSSR count). The summed E-state index contributed by atoms with van der Waals surface area (Å²) in [6.45, 7) is 0. The van der Waals surface area contributed by atoms with Crippen molar-refractivity contribution in [2.75, 3.05) is 0 Å². The van der Waals surface area contributed by atoms with Crippen molar-refractivity contribution in [3.05, 3.63) is 89.3 Å². The minimum atomic E-state index is -1.49. The molecule has 4 aromatic rings. The molecule has 2 bridgehead atoms. The lowest BCUT2D eigenvalue weighted by atomic mass is 9.81. The van der Waals surface area contributed by atoms with E-state index in [0.29, 0.717) is 17.7 Å². The number of piperidine rings is 1. The summed E-state index contributed by atoms with van der Waals surface area (Å²) in [5.41, 5.74) is 2.88. The van der Waals surface area contributed by atoms with Gasteiger partial charge in [0.2, 0.25) is 0 Å². The van der Waals surface area contributed by atoms with Crippen molar-refractivity contribution in [2.45, 2.75) is 37.8 Å². The fourth-order valence-corrected chi connectivity index (χ4v) is 5.50. The molecule has 0 radical (unpaired) electrons. The molecule has 1 aromatic carbocycles. The van der Waals surface area contributed by atoms with Crippen LogP contribution in [0.3, 0.4) is 0 Å². The van der Waals surface area contributed by atoms with Crippen molar-refractivity contribution in [1.29, 1.82) is 0 Å². The smallest absolute Gasteiger partial charge is 0.256 e. The normalized spacial score (nSPS) is 19.0. The minimum absolute atomic E-state index is 0.0732. The predicted octanol–water partition coefficient (Wildman–Crippen LogP) is 4.98. The van der Waals surface area contributed by atoms with Crippen LogP contribution in [-0.4, -0.2) is 36.2 Å². The molecule has 178 valence electrons. The summed E-state index contributed by atoms with van der Waals surface area (Å²) in [5, 5.41) is 4.67. The number of fused-ring (bicyclic) bond motifs is 4. The Labute approximate surface area is 199 Å². The van der Waals surface area contributed by atoms with Gasteiger partial charge in [0.1, 0.15) is 5.82 Å². The van der Waals surface area contributed by atoms with Crippen LogP contribution in [0.25, 0.3) is 17.1 Å². The number of rotatable bonds is 3. The standard InChI is InChI=1S/C26H22F3N5O/c1-32-25(16-11-19(27)23(29)20(28)12-16)18-13-17-5-4-6-21(24(18)31-32)34(17)26(35)15-7-8-22(30-14-15)33-9-2-3-10-33/h2-3,7-12,14,17,21H,4-6,13H2,1H3/t17-,21+/m0/s1. The van der Waals surface area contributed by atoms with Crippen LogP contribution in [0.15, 0.2) is 55.0 Å². The van der Waals surface area contributed by atoms with Crippen LogP contribution in [0.2, 0.25) is 0 Å². The van der Waals surface area contributed by atoms with Crippen LogP contribution in [0.5, 0.6) is 0 Å². The number of carbonyl (C=O) groups is 1. The summed E-state index contributed by atoms with van der Waals surface area (Å²) in [5.74, 6) is -3.35. The number of carbonyl (C=O) groups excluding carboxylic acids is 1. The summed E-state index contributed by atoms with van der Waals surface area (Å²) in [7, 11) is 1.70. The molecule has 35 heavy (non-hydrogen) atoms. The van der Waals surface area contributed by atoms with Crippen molar-refractivity contribution in [3.63, 3.8) is 0 Å². The molecule has 5 heterocycles. The third-order valence-electron chi connectivity index (χ3n) is 7.03. The highest BCUT2D eigenvalue weighted by Crippen LogP contribution is 2.45. The average Bonchev–Trinajstić information content (AvgIpc) is 3.50.